The van der Waals surface area contributed by atoms with Crippen LogP contribution in [-0.2, 0) is 0 Å². The Labute approximate surface area is 81.9 Å². The minimum atomic E-state index is 0.307. The van der Waals surface area contributed by atoms with Crippen molar-refractivity contribution in [3.63, 3.8) is 0 Å². The Kier molecular flexibility index (Phi) is 3.36. The van der Waals surface area contributed by atoms with Crippen molar-refractivity contribution in [1.29, 1.82) is 0 Å². The molecular weight excluding hydrogens is 162 g/mol. The Bertz CT molecular complexity index is 165. The van der Waals surface area contributed by atoms with Gasteiger partial charge >= 0.3 is 0 Å². The van der Waals surface area contributed by atoms with Crippen molar-refractivity contribution < 1.29 is 5.11 Å². The summed E-state index contributed by atoms with van der Waals surface area (Å²) in [6, 6.07) is 0.942. The first-order valence-electron chi connectivity index (χ1n) is 5.33. The van der Waals surface area contributed by atoms with Crippen molar-refractivity contribution in [1.82, 2.24) is 4.90 Å². The summed E-state index contributed by atoms with van der Waals surface area (Å²) in [6.07, 6.45) is 2.38. The van der Waals surface area contributed by atoms with E-state index in [-0.39, 0.29) is 0 Å². The zero-order valence-electron chi connectivity index (χ0n) is 9.38. The average Bonchev–Trinajstić information content (AvgIpc) is 2.01. The second-order valence-corrected chi connectivity index (χ2v) is 5.29. The van der Waals surface area contributed by atoms with E-state index >= 15 is 0 Å². The van der Waals surface area contributed by atoms with Crippen LogP contribution in [0.4, 0.5) is 0 Å². The lowest BCUT2D eigenvalue weighted by atomic mass is 9.78. The molecule has 1 fully saturated rings. The molecule has 1 heterocycles. The second kappa shape index (κ2) is 3.97. The fourth-order valence-electron chi connectivity index (χ4n) is 2.32. The van der Waals surface area contributed by atoms with Gasteiger partial charge in [-0.05, 0) is 38.6 Å². The first-order chi connectivity index (χ1) is 5.96. The third-order valence-corrected chi connectivity index (χ3v) is 3.18. The van der Waals surface area contributed by atoms with E-state index in [1.165, 1.54) is 6.42 Å². The van der Waals surface area contributed by atoms with Gasteiger partial charge in [0.05, 0.1) is 6.61 Å². The van der Waals surface area contributed by atoms with Crippen LogP contribution in [-0.4, -0.2) is 35.2 Å². The Morgan fingerprint density at radius 1 is 1.46 bits per heavy atom. The summed E-state index contributed by atoms with van der Waals surface area (Å²) in [5.41, 5.74) is 0.415. The second-order valence-electron chi connectivity index (χ2n) is 5.29. The van der Waals surface area contributed by atoms with E-state index in [1.807, 2.05) is 0 Å². The minimum Gasteiger partial charge on any atom is -0.395 e. The summed E-state index contributed by atoms with van der Waals surface area (Å²) < 4.78 is 0. The molecular formula is C11H23NO. The van der Waals surface area contributed by atoms with E-state index in [4.69, 9.17) is 0 Å². The highest BCUT2D eigenvalue weighted by atomic mass is 16.3. The Hall–Kier alpha value is -0.0800. The van der Waals surface area contributed by atoms with Gasteiger partial charge in [-0.25, -0.2) is 0 Å². The predicted molar refractivity (Wildman–Crippen MR) is 55.7 cm³/mol. The van der Waals surface area contributed by atoms with Gasteiger partial charge in [-0.3, -0.25) is 4.90 Å². The molecule has 0 spiro atoms. The van der Waals surface area contributed by atoms with E-state index in [1.54, 1.807) is 0 Å². The monoisotopic (exact) mass is 185 g/mol. The zero-order chi connectivity index (χ0) is 10.1. The van der Waals surface area contributed by atoms with Gasteiger partial charge in [-0.15, -0.1) is 0 Å². The molecule has 0 aromatic heterocycles. The van der Waals surface area contributed by atoms with Gasteiger partial charge in [0.1, 0.15) is 0 Å². The quantitative estimate of drug-likeness (QED) is 0.710. The molecule has 0 aliphatic carbocycles. The van der Waals surface area contributed by atoms with E-state index < -0.39 is 0 Å². The zero-order valence-corrected chi connectivity index (χ0v) is 9.38. The lowest BCUT2D eigenvalue weighted by Crippen LogP contribution is -2.50. The van der Waals surface area contributed by atoms with Crippen molar-refractivity contribution >= 4 is 0 Å². The molecule has 1 aliphatic heterocycles. The van der Waals surface area contributed by atoms with Crippen LogP contribution in [0.5, 0.6) is 0 Å². The highest BCUT2D eigenvalue weighted by Gasteiger charge is 2.33. The number of rotatable bonds is 2. The van der Waals surface area contributed by atoms with Gasteiger partial charge in [0.15, 0.2) is 0 Å². The van der Waals surface area contributed by atoms with Crippen LogP contribution in [0.15, 0.2) is 0 Å². The van der Waals surface area contributed by atoms with Crippen LogP contribution in [0.3, 0.4) is 0 Å². The Morgan fingerprint density at radius 2 is 2.08 bits per heavy atom. The van der Waals surface area contributed by atoms with Crippen LogP contribution >= 0.6 is 0 Å². The Balaban J connectivity index is 2.61. The lowest BCUT2D eigenvalue weighted by Gasteiger charge is -2.44. The summed E-state index contributed by atoms with van der Waals surface area (Å²) in [7, 11) is 0. The van der Waals surface area contributed by atoms with Crippen molar-refractivity contribution in [2.75, 3.05) is 13.2 Å². The summed E-state index contributed by atoms with van der Waals surface area (Å²) >= 11 is 0. The van der Waals surface area contributed by atoms with Gasteiger partial charge in [0.2, 0.25) is 0 Å². The molecule has 0 saturated carbocycles. The van der Waals surface area contributed by atoms with Gasteiger partial charge in [0, 0.05) is 12.1 Å². The SMILES string of the molecule is CC(C)N1CCC(C)(C)CC1CO. The summed E-state index contributed by atoms with van der Waals surface area (Å²) in [4.78, 5) is 2.42. The van der Waals surface area contributed by atoms with E-state index in [2.05, 4.69) is 32.6 Å². The highest BCUT2D eigenvalue weighted by Crippen LogP contribution is 2.34. The van der Waals surface area contributed by atoms with Crippen LogP contribution in [0.25, 0.3) is 0 Å². The molecule has 1 saturated heterocycles. The number of piperidine rings is 1. The van der Waals surface area contributed by atoms with Gasteiger partial charge in [-0.2, -0.15) is 0 Å². The largest absolute Gasteiger partial charge is 0.395 e. The molecule has 13 heavy (non-hydrogen) atoms. The highest BCUT2D eigenvalue weighted by molar-refractivity contribution is 4.87. The van der Waals surface area contributed by atoms with Crippen LogP contribution < -0.4 is 0 Å². The minimum absolute atomic E-state index is 0.307. The molecule has 0 bridgehead atoms. The van der Waals surface area contributed by atoms with E-state index in [0.29, 0.717) is 24.1 Å². The fourth-order valence-corrected chi connectivity index (χ4v) is 2.32. The summed E-state index contributed by atoms with van der Waals surface area (Å²) in [6.45, 7) is 10.5. The number of hydrogen-bond acceptors (Lipinski definition) is 2. The van der Waals surface area contributed by atoms with E-state index in [9.17, 15) is 5.11 Å². The normalized spacial score (nSPS) is 29.5. The molecule has 1 rings (SSSR count). The number of aliphatic hydroxyl groups is 1. The molecule has 0 radical (unpaired) electrons. The maximum atomic E-state index is 9.30. The third-order valence-electron chi connectivity index (χ3n) is 3.18. The molecule has 2 nitrogen and oxygen atoms in total. The van der Waals surface area contributed by atoms with E-state index in [0.717, 1.165) is 13.0 Å². The average molecular weight is 185 g/mol. The molecule has 78 valence electrons. The first-order valence-corrected chi connectivity index (χ1v) is 5.33. The Morgan fingerprint density at radius 3 is 2.54 bits per heavy atom. The molecule has 1 atom stereocenters. The maximum absolute atomic E-state index is 9.30. The summed E-state index contributed by atoms with van der Waals surface area (Å²) in [5, 5.41) is 9.30. The molecule has 0 aromatic carbocycles. The van der Waals surface area contributed by atoms with Crippen LogP contribution in [0.1, 0.15) is 40.5 Å². The topological polar surface area (TPSA) is 23.5 Å². The van der Waals surface area contributed by atoms with Crippen LogP contribution in [0, 0.1) is 5.41 Å². The molecule has 2 heteroatoms. The molecule has 0 amide bonds. The number of nitrogens with zero attached hydrogens (tertiary/aromatic N) is 1. The molecule has 0 aromatic rings. The molecule has 1 N–H and O–H groups in total. The lowest BCUT2D eigenvalue weighted by molar-refractivity contribution is 0.0156. The third kappa shape index (κ3) is 2.68. The standard InChI is InChI=1S/C11H23NO/c1-9(2)12-6-5-11(3,4)7-10(12)8-13/h9-10,13H,5-8H2,1-4H3. The van der Waals surface area contributed by atoms with Gasteiger partial charge in [0.25, 0.3) is 0 Å². The van der Waals surface area contributed by atoms with Crippen molar-refractivity contribution in [3.8, 4) is 0 Å². The number of likely N-dealkylation sites (tertiary alicyclic amines) is 1. The fraction of sp³-hybridized carbons (Fsp3) is 1.00. The van der Waals surface area contributed by atoms with Crippen molar-refractivity contribution in [2.24, 2.45) is 5.41 Å². The van der Waals surface area contributed by atoms with Crippen molar-refractivity contribution in [2.45, 2.75) is 52.6 Å². The van der Waals surface area contributed by atoms with Gasteiger partial charge < -0.3 is 5.11 Å². The molecule has 1 aliphatic rings. The van der Waals surface area contributed by atoms with Crippen molar-refractivity contribution in [3.05, 3.63) is 0 Å². The summed E-state index contributed by atoms with van der Waals surface area (Å²) in [5.74, 6) is 0. The van der Waals surface area contributed by atoms with Gasteiger partial charge in [-0.1, -0.05) is 13.8 Å². The smallest absolute Gasteiger partial charge is 0.0587 e. The van der Waals surface area contributed by atoms with Crippen LogP contribution in [0.2, 0.25) is 0 Å². The first kappa shape index (κ1) is 11.0. The number of aliphatic hydroxyl groups excluding tert-OH is 1. The number of hydrogen-bond donors (Lipinski definition) is 1. The predicted octanol–water partition coefficient (Wildman–Crippen LogP) is 1.88. The molecule has 1 unspecified atom stereocenters. The maximum Gasteiger partial charge on any atom is 0.0587 e.